The first-order chi connectivity index (χ1) is 0. The molecule has 0 aliphatic rings. The van der Waals surface area contributed by atoms with Gasteiger partial charge in [0.1, 0.15) is 0 Å². The molecule has 6 heteroatoms. The van der Waals surface area contributed by atoms with Crippen LogP contribution in [0.15, 0.2) is 0 Å². The van der Waals surface area contributed by atoms with Gasteiger partial charge in [-0.2, -0.15) is 0 Å². The van der Waals surface area contributed by atoms with Gasteiger partial charge in [0.15, 0.2) is 0 Å². The first-order valence-electron chi connectivity index (χ1n) is 0. The fraction of sp³-hybridized carbons (Fsp3) is 0. The molecule has 0 unspecified atom stereocenters. The Morgan fingerprint density at radius 2 is 0.500 bits per heavy atom. The Morgan fingerprint density at radius 1 is 0.500 bits per heavy atom. The molecular formula is H11MoNO4. The summed E-state index contributed by atoms with van der Waals surface area (Å²) in [6.07, 6.45) is 0. The SMILES string of the molecule is N.O.O.O.O.[Mo]. The van der Waals surface area contributed by atoms with Gasteiger partial charge in [0.25, 0.3) is 0 Å². The molecule has 0 spiro atoms. The molecule has 11 N–H and O–H groups in total. The van der Waals surface area contributed by atoms with Crippen molar-refractivity contribution in [2.75, 3.05) is 0 Å². The molecule has 0 aromatic heterocycles. The molecule has 0 saturated carbocycles. The fourth-order valence-electron chi connectivity index (χ4n) is 0. The van der Waals surface area contributed by atoms with E-state index in [0.717, 1.165) is 0 Å². The van der Waals surface area contributed by atoms with Crippen LogP contribution in [0.3, 0.4) is 0 Å². The molecule has 0 aliphatic carbocycles. The van der Waals surface area contributed by atoms with Crippen LogP contribution in [-0.4, -0.2) is 21.9 Å². The quantitative estimate of drug-likeness (QED) is 0.388. The molecule has 0 heterocycles. The van der Waals surface area contributed by atoms with Gasteiger partial charge in [0, 0.05) is 21.1 Å². The fourth-order valence-corrected chi connectivity index (χ4v) is 0. The van der Waals surface area contributed by atoms with Crippen molar-refractivity contribution in [3.63, 3.8) is 0 Å². The van der Waals surface area contributed by atoms with E-state index in [2.05, 4.69) is 0 Å². The monoisotopic (exact) mass is 187 g/mol. The summed E-state index contributed by atoms with van der Waals surface area (Å²) in [6.45, 7) is 0. The zero-order valence-corrected chi connectivity index (χ0v) is 5.12. The molecule has 0 rings (SSSR count). The Kier molecular flexibility index (Phi) is 63300. The maximum atomic E-state index is 0. The summed E-state index contributed by atoms with van der Waals surface area (Å²) in [5.74, 6) is 0. The van der Waals surface area contributed by atoms with E-state index in [4.69, 9.17) is 0 Å². The van der Waals surface area contributed by atoms with E-state index >= 15 is 0 Å². The van der Waals surface area contributed by atoms with Gasteiger partial charge in [0.05, 0.1) is 0 Å². The first-order valence-corrected chi connectivity index (χ1v) is 0. The van der Waals surface area contributed by atoms with E-state index in [9.17, 15) is 0 Å². The van der Waals surface area contributed by atoms with Crippen molar-refractivity contribution in [3.8, 4) is 0 Å². The minimum Gasteiger partial charge on any atom is -0.412 e. The van der Waals surface area contributed by atoms with Crippen LogP contribution in [0.4, 0.5) is 0 Å². The summed E-state index contributed by atoms with van der Waals surface area (Å²) in [6, 6.07) is 0. The van der Waals surface area contributed by atoms with Crippen molar-refractivity contribution in [3.05, 3.63) is 0 Å². The van der Waals surface area contributed by atoms with E-state index < -0.39 is 0 Å². The van der Waals surface area contributed by atoms with Crippen LogP contribution in [0.5, 0.6) is 0 Å². The molecule has 46 valence electrons. The molecule has 0 radical (unpaired) electrons. The Bertz CT molecular complexity index is 7.51. The molecule has 6 heavy (non-hydrogen) atoms. The van der Waals surface area contributed by atoms with Crippen molar-refractivity contribution >= 4 is 0 Å². The predicted octanol–water partition coefficient (Wildman–Crippen LogP) is -3.14. The van der Waals surface area contributed by atoms with E-state index in [1.807, 2.05) is 0 Å². The van der Waals surface area contributed by atoms with Crippen LogP contribution < -0.4 is 6.15 Å². The van der Waals surface area contributed by atoms with Gasteiger partial charge in [0.2, 0.25) is 0 Å². The summed E-state index contributed by atoms with van der Waals surface area (Å²) in [7, 11) is 0. The molecule has 0 saturated heterocycles. The third-order valence-electron chi connectivity index (χ3n) is 0. The molecule has 0 bridgehead atoms. The molecule has 0 fully saturated rings. The van der Waals surface area contributed by atoms with Gasteiger partial charge in [-0.25, -0.2) is 0 Å². The van der Waals surface area contributed by atoms with Gasteiger partial charge in [-0.05, 0) is 0 Å². The summed E-state index contributed by atoms with van der Waals surface area (Å²) in [4.78, 5) is 0. The first kappa shape index (κ1) is 820. The van der Waals surface area contributed by atoms with Gasteiger partial charge < -0.3 is 28.1 Å². The predicted molar refractivity (Wildman–Crippen MR) is 19.5 cm³/mol. The molecule has 0 aromatic carbocycles. The maximum absolute atomic E-state index is 0. The maximum Gasteiger partial charge on any atom is 0 e. The average molecular weight is 185 g/mol. The minimum atomic E-state index is 0. The van der Waals surface area contributed by atoms with E-state index in [0.29, 0.717) is 0 Å². The molecular weight excluding hydrogens is 174 g/mol. The van der Waals surface area contributed by atoms with Crippen LogP contribution in [0.2, 0.25) is 0 Å². The van der Waals surface area contributed by atoms with Crippen molar-refractivity contribution in [1.29, 1.82) is 0 Å². The Labute approximate surface area is 49.8 Å². The summed E-state index contributed by atoms with van der Waals surface area (Å²) in [5.41, 5.74) is 0. The van der Waals surface area contributed by atoms with Crippen LogP contribution in [0.1, 0.15) is 0 Å². The van der Waals surface area contributed by atoms with Gasteiger partial charge >= 0.3 is 0 Å². The number of rotatable bonds is 0. The molecule has 5 nitrogen and oxygen atoms in total. The van der Waals surface area contributed by atoms with E-state index in [-0.39, 0.29) is 49.1 Å². The van der Waals surface area contributed by atoms with Gasteiger partial charge in [-0.3, -0.25) is 0 Å². The van der Waals surface area contributed by atoms with E-state index in [1.54, 1.807) is 0 Å². The Balaban J connectivity index is 0. The zero-order chi connectivity index (χ0) is 0. The zero-order valence-electron chi connectivity index (χ0n) is 3.12. The Morgan fingerprint density at radius 3 is 0.500 bits per heavy atom. The average Bonchev–Trinajstić information content (AvgIpc) is 0. The second kappa shape index (κ2) is 464. The van der Waals surface area contributed by atoms with Gasteiger partial charge in [-0.1, -0.05) is 0 Å². The van der Waals surface area contributed by atoms with Crippen LogP contribution >= 0.6 is 0 Å². The van der Waals surface area contributed by atoms with Crippen molar-refractivity contribution in [2.45, 2.75) is 0 Å². The Hall–Kier alpha value is 0.488. The molecule has 0 aromatic rings. The van der Waals surface area contributed by atoms with Crippen LogP contribution in [0.25, 0.3) is 0 Å². The van der Waals surface area contributed by atoms with Crippen molar-refractivity contribution < 1.29 is 43.0 Å². The number of hydrogen-bond acceptors (Lipinski definition) is 1. The topological polar surface area (TPSA) is 161 Å². The summed E-state index contributed by atoms with van der Waals surface area (Å²) >= 11 is 0. The largest absolute Gasteiger partial charge is 0.412 e. The van der Waals surface area contributed by atoms with Crippen LogP contribution in [-0.2, 0) is 21.1 Å². The standard InChI is InChI=1S/Mo.H3N.4H2O/h;1H3;4*1H2. The molecule has 0 amide bonds. The smallest absolute Gasteiger partial charge is 0 e. The third kappa shape index (κ3) is 229. The summed E-state index contributed by atoms with van der Waals surface area (Å²) < 4.78 is 0. The van der Waals surface area contributed by atoms with Gasteiger partial charge in [-0.15, -0.1) is 0 Å². The minimum absolute atomic E-state index is 0. The van der Waals surface area contributed by atoms with Crippen molar-refractivity contribution in [2.24, 2.45) is 0 Å². The third-order valence-corrected chi connectivity index (χ3v) is 0. The van der Waals surface area contributed by atoms with Crippen LogP contribution in [0, 0.1) is 0 Å². The second-order valence-electron chi connectivity index (χ2n) is 0. The second-order valence-corrected chi connectivity index (χ2v) is 0. The molecule has 0 aliphatic heterocycles. The number of hydrogen-bond donors (Lipinski definition) is 1. The molecule has 0 atom stereocenters. The van der Waals surface area contributed by atoms with Crippen molar-refractivity contribution in [1.82, 2.24) is 6.15 Å². The van der Waals surface area contributed by atoms with E-state index in [1.165, 1.54) is 0 Å². The summed E-state index contributed by atoms with van der Waals surface area (Å²) in [5, 5.41) is 0. The normalized spacial score (nSPS) is 0.